The first-order chi connectivity index (χ1) is 12.4. The van der Waals surface area contributed by atoms with E-state index >= 15 is 0 Å². The molecule has 0 spiro atoms. The summed E-state index contributed by atoms with van der Waals surface area (Å²) >= 11 is 0. The minimum absolute atomic E-state index is 0.0371. The standard InChI is InChI=1S/C22H36N2O2/c1-6-8-10-11-18(3)13-14-22(26)23-15-16-24(19(4)17-23)21(20(5)25)12-9-7-2/h12-14,18H,4,6-11,15-17H2,1-3,5H3/b14-13+,21-12-. The fraction of sp³-hybridized carbons (Fsp3) is 0.636. The third-order valence-corrected chi connectivity index (χ3v) is 4.77. The van der Waals surface area contributed by atoms with Crippen LogP contribution in [0.1, 0.15) is 66.2 Å². The fourth-order valence-corrected chi connectivity index (χ4v) is 3.13. The van der Waals surface area contributed by atoms with Crippen LogP contribution >= 0.6 is 0 Å². The molecule has 0 aromatic heterocycles. The SMILES string of the molecule is C=C1CN(C(=O)/C=C/C(C)CCCCC)CCN1/C(=C\CCC)C(C)=O. The van der Waals surface area contributed by atoms with Crippen LogP contribution < -0.4 is 0 Å². The average molecular weight is 361 g/mol. The van der Waals surface area contributed by atoms with Gasteiger partial charge in [-0.25, -0.2) is 0 Å². The Morgan fingerprint density at radius 1 is 1.19 bits per heavy atom. The van der Waals surface area contributed by atoms with Gasteiger partial charge in [-0.1, -0.05) is 65.2 Å². The second kappa shape index (κ2) is 11.7. The number of rotatable bonds is 10. The summed E-state index contributed by atoms with van der Waals surface area (Å²) < 4.78 is 0. The smallest absolute Gasteiger partial charge is 0.246 e. The topological polar surface area (TPSA) is 40.6 Å². The molecule has 0 radical (unpaired) electrons. The van der Waals surface area contributed by atoms with E-state index in [1.165, 1.54) is 19.3 Å². The molecular weight excluding hydrogens is 324 g/mol. The number of hydrogen-bond acceptors (Lipinski definition) is 3. The maximum atomic E-state index is 12.5. The summed E-state index contributed by atoms with van der Waals surface area (Å²) in [6.45, 7) is 13.9. The molecule has 4 heteroatoms. The van der Waals surface area contributed by atoms with E-state index in [1.807, 2.05) is 22.0 Å². The average Bonchev–Trinajstić information content (AvgIpc) is 2.61. The third-order valence-electron chi connectivity index (χ3n) is 4.77. The van der Waals surface area contributed by atoms with E-state index in [1.54, 1.807) is 13.0 Å². The van der Waals surface area contributed by atoms with Crippen molar-refractivity contribution in [1.29, 1.82) is 0 Å². The van der Waals surface area contributed by atoms with Gasteiger partial charge < -0.3 is 9.80 Å². The minimum Gasteiger partial charge on any atom is -0.340 e. The molecule has 4 nitrogen and oxygen atoms in total. The number of piperazine rings is 1. The second-order valence-electron chi connectivity index (χ2n) is 7.24. The number of unbranched alkanes of at least 4 members (excludes halogenated alkanes) is 3. The van der Waals surface area contributed by atoms with Crippen LogP contribution in [0.15, 0.2) is 36.2 Å². The first-order valence-electron chi connectivity index (χ1n) is 10.0. The van der Waals surface area contributed by atoms with Gasteiger partial charge in [-0.15, -0.1) is 0 Å². The molecule has 1 atom stereocenters. The van der Waals surface area contributed by atoms with Crippen LogP contribution in [-0.2, 0) is 9.59 Å². The summed E-state index contributed by atoms with van der Waals surface area (Å²) in [6.07, 6.45) is 12.4. The number of Topliss-reactive ketones (excluding diaryl/α,β-unsaturated/α-hetero) is 1. The Bertz CT molecular complexity index is 548. The first kappa shape index (κ1) is 22.2. The molecule has 1 heterocycles. The van der Waals surface area contributed by atoms with E-state index in [9.17, 15) is 9.59 Å². The first-order valence-corrected chi connectivity index (χ1v) is 10.0. The maximum absolute atomic E-state index is 12.5. The summed E-state index contributed by atoms with van der Waals surface area (Å²) in [7, 11) is 0. The second-order valence-corrected chi connectivity index (χ2v) is 7.24. The molecule has 1 saturated heterocycles. The molecule has 0 aromatic rings. The van der Waals surface area contributed by atoms with Crippen LogP contribution in [0.5, 0.6) is 0 Å². The number of ketones is 1. The van der Waals surface area contributed by atoms with Crippen LogP contribution in [0.3, 0.4) is 0 Å². The Balaban J connectivity index is 2.60. The molecule has 1 aliphatic heterocycles. The highest BCUT2D eigenvalue weighted by Crippen LogP contribution is 2.20. The highest BCUT2D eigenvalue weighted by molar-refractivity contribution is 5.93. The molecule has 1 rings (SSSR count). The zero-order valence-corrected chi connectivity index (χ0v) is 17.1. The number of carbonyl (C=O) groups is 2. The quantitative estimate of drug-likeness (QED) is 0.419. The van der Waals surface area contributed by atoms with Crippen LogP contribution in [0.2, 0.25) is 0 Å². The molecule has 146 valence electrons. The number of carbonyl (C=O) groups excluding carboxylic acids is 2. The molecule has 1 fully saturated rings. The van der Waals surface area contributed by atoms with Gasteiger partial charge in [0.15, 0.2) is 5.78 Å². The van der Waals surface area contributed by atoms with Gasteiger partial charge in [0.05, 0.1) is 12.2 Å². The lowest BCUT2D eigenvalue weighted by Gasteiger charge is -2.38. The number of allylic oxidation sites excluding steroid dienone is 3. The van der Waals surface area contributed by atoms with E-state index in [2.05, 4.69) is 27.4 Å². The van der Waals surface area contributed by atoms with Gasteiger partial charge in [0, 0.05) is 25.7 Å². The maximum Gasteiger partial charge on any atom is 0.246 e. The Morgan fingerprint density at radius 2 is 1.92 bits per heavy atom. The molecule has 1 aliphatic rings. The molecule has 0 bridgehead atoms. The minimum atomic E-state index is 0.0371. The zero-order chi connectivity index (χ0) is 19.5. The predicted octanol–water partition coefficient (Wildman–Crippen LogP) is 4.69. The number of hydrogen-bond donors (Lipinski definition) is 0. The molecule has 1 unspecified atom stereocenters. The summed E-state index contributed by atoms with van der Waals surface area (Å²) in [6, 6.07) is 0. The van der Waals surface area contributed by atoms with Gasteiger partial charge in [-0.05, 0) is 24.8 Å². The lowest BCUT2D eigenvalue weighted by molar-refractivity contribution is -0.126. The fourth-order valence-electron chi connectivity index (χ4n) is 3.13. The van der Waals surface area contributed by atoms with E-state index < -0.39 is 0 Å². The summed E-state index contributed by atoms with van der Waals surface area (Å²) in [4.78, 5) is 28.2. The highest BCUT2D eigenvalue weighted by atomic mass is 16.2. The summed E-state index contributed by atoms with van der Waals surface area (Å²) in [5, 5.41) is 0. The Hall–Kier alpha value is -1.84. The van der Waals surface area contributed by atoms with Crippen LogP contribution in [-0.4, -0.2) is 41.1 Å². The van der Waals surface area contributed by atoms with E-state index in [-0.39, 0.29) is 11.7 Å². The number of amides is 1. The molecular formula is C22H36N2O2. The zero-order valence-electron chi connectivity index (χ0n) is 17.1. The molecule has 26 heavy (non-hydrogen) atoms. The van der Waals surface area contributed by atoms with Gasteiger partial charge >= 0.3 is 0 Å². The van der Waals surface area contributed by atoms with Crippen LogP contribution in [0.25, 0.3) is 0 Å². The molecule has 1 amide bonds. The van der Waals surface area contributed by atoms with Crippen molar-refractivity contribution in [2.24, 2.45) is 5.92 Å². The van der Waals surface area contributed by atoms with Crippen molar-refractivity contribution in [3.05, 3.63) is 36.2 Å². The van der Waals surface area contributed by atoms with Gasteiger partial charge in [-0.2, -0.15) is 0 Å². The Labute approximate surface area is 159 Å². The van der Waals surface area contributed by atoms with Gasteiger partial charge in [0.25, 0.3) is 0 Å². The van der Waals surface area contributed by atoms with Crippen molar-refractivity contribution < 1.29 is 9.59 Å². The van der Waals surface area contributed by atoms with E-state index in [4.69, 9.17) is 0 Å². The Morgan fingerprint density at radius 3 is 2.50 bits per heavy atom. The van der Waals surface area contributed by atoms with Crippen molar-refractivity contribution in [1.82, 2.24) is 9.80 Å². The van der Waals surface area contributed by atoms with Crippen molar-refractivity contribution in [2.75, 3.05) is 19.6 Å². The third kappa shape index (κ3) is 7.19. The molecule has 0 aliphatic carbocycles. The molecule has 0 N–H and O–H groups in total. The Kier molecular flexibility index (Phi) is 10.0. The lowest BCUT2D eigenvalue weighted by atomic mass is 10.0. The van der Waals surface area contributed by atoms with Gasteiger partial charge in [0.2, 0.25) is 5.91 Å². The van der Waals surface area contributed by atoms with Gasteiger partial charge in [0.1, 0.15) is 0 Å². The molecule has 0 aromatic carbocycles. The molecule has 0 saturated carbocycles. The van der Waals surface area contributed by atoms with Crippen molar-refractivity contribution in [2.45, 2.75) is 66.2 Å². The highest BCUT2D eigenvalue weighted by Gasteiger charge is 2.25. The monoisotopic (exact) mass is 360 g/mol. The number of nitrogens with zero attached hydrogens (tertiary/aromatic N) is 2. The van der Waals surface area contributed by atoms with E-state index in [0.717, 1.165) is 25.0 Å². The van der Waals surface area contributed by atoms with Crippen molar-refractivity contribution in [3.63, 3.8) is 0 Å². The summed E-state index contributed by atoms with van der Waals surface area (Å²) in [5.74, 6) is 0.520. The predicted molar refractivity (Wildman–Crippen MR) is 109 cm³/mol. The van der Waals surface area contributed by atoms with Crippen LogP contribution in [0, 0.1) is 5.92 Å². The van der Waals surface area contributed by atoms with E-state index in [0.29, 0.717) is 31.2 Å². The lowest BCUT2D eigenvalue weighted by Crippen LogP contribution is -2.46. The van der Waals surface area contributed by atoms with Crippen molar-refractivity contribution in [3.8, 4) is 0 Å². The van der Waals surface area contributed by atoms with Gasteiger partial charge in [-0.3, -0.25) is 9.59 Å². The van der Waals surface area contributed by atoms with Crippen molar-refractivity contribution >= 4 is 11.7 Å². The normalized spacial score (nSPS) is 17.1. The largest absolute Gasteiger partial charge is 0.340 e. The van der Waals surface area contributed by atoms with Crippen LogP contribution in [0.4, 0.5) is 0 Å². The summed E-state index contributed by atoms with van der Waals surface area (Å²) in [5.41, 5.74) is 1.52.